The van der Waals surface area contributed by atoms with Gasteiger partial charge in [-0.05, 0) is 37.2 Å². The quantitative estimate of drug-likeness (QED) is 0.520. The second kappa shape index (κ2) is 7.55. The molecule has 4 heterocycles. The second-order valence-corrected chi connectivity index (χ2v) is 8.29. The molecule has 0 aliphatic carbocycles. The van der Waals surface area contributed by atoms with Gasteiger partial charge in [0.2, 0.25) is 0 Å². The van der Waals surface area contributed by atoms with Crippen molar-refractivity contribution >= 4 is 11.2 Å². The first-order chi connectivity index (χ1) is 15.0. The molecule has 0 radical (unpaired) electrons. The average molecular weight is 420 g/mol. The molecule has 5 rings (SSSR count). The number of aromatic amines is 1. The van der Waals surface area contributed by atoms with Gasteiger partial charge < -0.3 is 10.1 Å². The molecule has 0 fully saturated rings. The highest BCUT2D eigenvalue weighted by Crippen LogP contribution is 2.35. The van der Waals surface area contributed by atoms with Crippen LogP contribution in [0.1, 0.15) is 40.9 Å². The molecule has 4 aromatic rings. The van der Waals surface area contributed by atoms with Crippen molar-refractivity contribution in [2.24, 2.45) is 0 Å². The van der Waals surface area contributed by atoms with E-state index in [1.807, 2.05) is 30.9 Å². The highest BCUT2D eigenvalue weighted by atomic mass is 19.1. The lowest BCUT2D eigenvalue weighted by Gasteiger charge is -2.23. The van der Waals surface area contributed by atoms with E-state index in [9.17, 15) is 9.50 Å². The number of H-pyrrole nitrogens is 1. The van der Waals surface area contributed by atoms with Gasteiger partial charge in [0, 0.05) is 36.3 Å². The Kier molecular flexibility index (Phi) is 4.83. The molecule has 0 unspecified atom stereocenters. The van der Waals surface area contributed by atoms with E-state index in [0.717, 1.165) is 44.9 Å². The van der Waals surface area contributed by atoms with E-state index in [4.69, 9.17) is 4.98 Å². The highest BCUT2D eigenvalue weighted by molar-refractivity contribution is 5.80. The summed E-state index contributed by atoms with van der Waals surface area (Å²) in [5.41, 5.74) is 8.05. The van der Waals surface area contributed by atoms with Crippen LogP contribution in [-0.2, 0) is 19.6 Å². The number of aryl methyl sites for hydroxylation is 1. The van der Waals surface area contributed by atoms with Gasteiger partial charge in [-0.15, -0.1) is 0 Å². The third-order valence-corrected chi connectivity index (χ3v) is 6.11. The van der Waals surface area contributed by atoms with Crippen molar-refractivity contribution in [3.63, 3.8) is 0 Å². The predicted molar refractivity (Wildman–Crippen MR) is 116 cm³/mol. The highest BCUT2D eigenvalue weighted by Gasteiger charge is 2.24. The van der Waals surface area contributed by atoms with E-state index < -0.39 is 0 Å². The second-order valence-electron chi connectivity index (χ2n) is 8.29. The van der Waals surface area contributed by atoms with Crippen molar-refractivity contribution in [2.45, 2.75) is 39.4 Å². The first-order valence-corrected chi connectivity index (χ1v) is 10.4. The van der Waals surface area contributed by atoms with Gasteiger partial charge >= 0.3 is 0 Å². The maximum absolute atomic E-state index is 14.2. The molecule has 0 saturated carbocycles. The number of nitrogens with zero attached hydrogens (tertiary/aromatic N) is 5. The van der Waals surface area contributed by atoms with Crippen LogP contribution < -0.4 is 0 Å². The smallest absolute Gasteiger partial charge is 0.156 e. The Morgan fingerprint density at radius 3 is 2.90 bits per heavy atom. The normalized spacial score (nSPS) is 16.7. The van der Waals surface area contributed by atoms with Crippen LogP contribution in [0, 0.1) is 12.7 Å². The summed E-state index contributed by atoms with van der Waals surface area (Å²) in [6, 6.07) is 5.01. The van der Waals surface area contributed by atoms with E-state index >= 15 is 0 Å². The molecule has 0 amide bonds. The van der Waals surface area contributed by atoms with Crippen molar-refractivity contribution in [2.75, 3.05) is 13.7 Å². The van der Waals surface area contributed by atoms with Crippen LogP contribution in [0.5, 0.6) is 0 Å². The van der Waals surface area contributed by atoms with Crippen LogP contribution in [-0.4, -0.2) is 48.4 Å². The number of hydrogen-bond acceptors (Lipinski definition) is 5. The minimum absolute atomic E-state index is 0.00354. The van der Waals surface area contributed by atoms with Crippen LogP contribution in [0.3, 0.4) is 0 Å². The molecule has 1 atom stereocenters. The Morgan fingerprint density at radius 2 is 2.10 bits per heavy atom. The number of nitrogens with one attached hydrogen (secondary N) is 1. The Bertz CT molecular complexity index is 1280. The number of aliphatic hydroxyl groups excluding tert-OH is 1. The molecule has 1 aliphatic heterocycles. The molecule has 0 saturated heterocycles. The van der Waals surface area contributed by atoms with Crippen molar-refractivity contribution in [1.82, 2.24) is 29.6 Å². The third-order valence-electron chi connectivity index (χ3n) is 6.11. The Hall–Kier alpha value is -3.10. The monoisotopic (exact) mass is 420 g/mol. The van der Waals surface area contributed by atoms with Crippen molar-refractivity contribution in [3.8, 4) is 11.3 Å². The van der Waals surface area contributed by atoms with Gasteiger partial charge in [0.25, 0.3) is 0 Å². The lowest BCUT2D eigenvalue weighted by atomic mass is 9.90. The van der Waals surface area contributed by atoms with E-state index in [1.54, 1.807) is 12.3 Å². The lowest BCUT2D eigenvalue weighted by Crippen LogP contribution is -2.22. The molecule has 0 spiro atoms. The first-order valence-electron chi connectivity index (χ1n) is 10.4. The first kappa shape index (κ1) is 19.8. The van der Waals surface area contributed by atoms with E-state index in [1.165, 1.54) is 6.07 Å². The molecule has 8 heteroatoms. The van der Waals surface area contributed by atoms with Gasteiger partial charge in [-0.1, -0.05) is 13.0 Å². The average Bonchev–Trinajstić information content (AvgIpc) is 3.29. The fourth-order valence-electron chi connectivity index (χ4n) is 4.65. The zero-order chi connectivity index (χ0) is 21.7. The van der Waals surface area contributed by atoms with Gasteiger partial charge in [-0.25, -0.2) is 14.4 Å². The zero-order valence-electron chi connectivity index (χ0n) is 17.9. The lowest BCUT2D eigenvalue weighted by molar-refractivity contribution is 0.257. The molecule has 1 aliphatic rings. The van der Waals surface area contributed by atoms with Crippen molar-refractivity contribution in [3.05, 3.63) is 64.5 Å². The molecular formula is C23H25FN6O. The van der Waals surface area contributed by atoms with Crippen LogP contribution >= 0.6 is 0 Å². The molecule has 2 N–H and O–H groups in total. The summed E-state index contributed by atoms with van der Waals surface area (Å²) in [6.45, 7) is 5.73. The third kappa shape index (κ3) is 3.32. The number of rotatable bonds is 2. The van der Waals surface area contributed by atoms with E-state index in [-0.39, 0.29) is 18.3 Å². The van der Waals surface area contributed by atoms with E-state index in [2.05, 4.69) is 26.9 Å². The standard InChI is InChI=1S/C23H25FN6O/c1-13-17-8-16(24)5-4-15(17)11-29(3)12-20-21(14(2)28-30(20)6-7-31)19-10-26-23-22(27-19)18(13)9-25-23/h4-5,8-10,13,31H,6-7,11-12H2,1-3H3,(H,25,26)/t13-/m1/s1. The van der Waals surface area contributed by atoms with Crippen molar-refractivity contribution in [1.29, 1.82) is 0 Å². The molecule has 31 heavy (non-hydrogen) atoms. The maximum Gasteiger partial charge on any atom is 0.156 e. The van der Waals surface area contributed by atoms with Gasteiger partial charge in [-0.2, -0.15) is 5.10 Å². The molecule has 160 valence electrons. The summed E-state index contributed by atoms with van der Waals surface area (Å²) >= 11 is 0. The summed E-state index contributed by atoms with van der Waals surface area (Å²) in [7, 11) is 2.04. The maximum atomic E-state index is 14.2. The molecule has 2 bridgehead atoms. The number of aromatic nitrogens is 5. The van der Waals surface area contributed by atoms with Crippen molar-refractivity contribution < 1.29 is 9.50 Å². The van der Waals surface area contributed by atoms with Crippen LogP contribution in [0.4, 0.5) is 4.39 Å². The van der Waals surface area contributed by atoms with Crippen LogP contribution in [0.15, 0.2) is 30.6 Å². The summed E-state index contributed by atoms with van der Waals surface area (Å²) in [6.07, 6.45) is 3.69. The molecule has 1 aromatic carbocycles. The SMILES string of the molecule is Cc1nn(CCO)c2c1-c1cnc3[nH]cc(c3n1)[C@H](C)c1cc(F)ccc1CN(C)C2. The molecular weight excluding hydrogens is 395 g/mol. The predicted octanol–water partition coefficient (Wildman–Crippen LogP) is 3.36. The van der Waals surface area contributed by atoms with Crippen LogP contribution in [0.25, 0.3) is 22.4 Å². The fourth-order valence-corrected chi connectivity index (χ4v) is 4.65. The Balaban J connectivity index is 1.79. The van der Waals surface area contributed by atoms with Gasteiger partial charge in [0.15, 0.2) is 5.65 Å². The number of aliphatic hydroxyl groups is 1. The van der Waals surface area contributed by atoms with Gasteiger partial charge in [0.05, 0.1) is 36.4 Å². The summed E-state index contributed by atoms with van der Waals surface area (Å²) in [5.74, 6) is -0.291. The fraction of sp³-hybridized carbons (Fsp3) is 0.348. The summed E-state index contributed by atoms with van der Waals surface area (Å²) in [4.78, 5) is 15.0. The molecule has 7 nitrogen and oxygen atoms in total. The van der Waals surface area contributed by atoms with Crippen LogP contribution in [0.2, 0.25) is 0 Å². The Labute approximate surface area is 179 Å². The minimum atomic E-state index is -0.245. The largest absolute Gasteiger partial charge is 0.394 e. The molecule has 3 aromatic heterocycles. The van der Waals surface area contributed by atoms with E-state index in [0.29, 0.717) is 25.3 Å². The number of hydrogen-bond donors (Lipinski definition) is 2. The summed E-state index contributed by atoms with van der Waals surface area (Å²) in [5, 5.41) is 14.2. The number of fused-ring (bicyclic) bond motifs is 4. The topological polar surface area (TPSA) is 82.9 Å². The van der Waals surface area contributed by atoms with Gasteiger partial charge in [0.1, 0.15) is 11.3 Å². The zero-order valence-corrected chi connectivity index (χ0v) is 17.9. The minimum Gasteiger partial charge on any atom is -0.394 e. The number of benzene rings is 1. The summed E-state index contributed by atoms with van der Waals surface area (Å²) < 4.78 is 16.1. The number of halogens is 1. The van der Waals surface area contributed by atoms with Gasteiger partial charge in [-0.3, -0.25) is 9.58 Å². The Morgan fingerprint density at radius 1 is 1.26 bits per heavy atom.